The van der Waals surface area contributed by atoms with Crippen LogP contribution in [0.4, 0.5) is 4.39 Å². The lowest BCUT2D eigenvalue weighted by Gasteiger charge is -2.18. The normalized spacial score (nSPS) is 16.8. The molecule has 0 aliphatic heterocycles. The molecule has 18 heavy (non-hydrogen) atoms. The van der Waals surface area contributed by atoms with Gasteiger partial charge < -0.3 is 5.32 Å². The number of hydrogen-bond donors (Lipinski definition) is 1. The van der Waals surface area contributed by atoms with Crippen molar-refractivity contribution in [3.8, 4) is 0 Å². The molecular weight excluding hydrogens is 245 g/mol. The van der Waals surface area contributed by atoms with Gasteiger partial charge in [0.15, 0.2) is 0 Å². The van der Waals surface area contributed by atoms with Gasteiger partial charge in [-0.25, -0.2) is 4.39 Å². The van der Waals surface area contributed by atoms with Crippen LogP contribution < -0.4 is 5.32 Å². The number of benzene rings is 1. The van der Waals surface area contributed by atoms with E-state index < -0.39 is 0 Å². The molecule has 1 atom stereocenters. The minimum atomic E-state index is -0.143. The molecule has 1 fully saturated rings. The lowest BCUT2D eigenvalue weighted by atomic mass is 9.96. The summed E-state index contributed by atoms with van der Waals surface area (Å²) in [7, 11) is 0. The fraction of sp³-hybridized carbons (Fsp3) is 0.600. The van der Waals surface area contributed by atoms with Gasteiger partial charge in [-0.1, -0.05) is 19.1 Å². The maximum absolute atomic E-state index is 13.0. The first kappa shape index (κ1) is 13.9. The third-order valence-corrected chi connectivity index (χ3v) is 4.32. The van der Waals surface area contributed by atoms with Crippen molar-refractivity contribution in [2.24, 2.45) is 0 Å². The molecule has 1 aromatic rings. The van der Waals surface area contributed by atoms with Crippen LogP contribution in [0.5, 0.6) is 0 Å². The van der Waals surface area contributed by atoms with Gasteiger partial charge in [-0.15, -0.1) is 0 Å². The molecule has 0 heterocycles. The highest BCUT2D eigenvalue weighted by Gasteiger charge is 2.22. The Labute approximate surface area is 114 Å². The Balaban J connectivity index is 1.90. The van der Waals surface area contributed by atoms with Gasteiger partial charge in [-0.3, -0.25) is 0 Å². The van der Waals surface area contributed by atoms with Crippen molar-refractivity contribution in [1.82, 2.24) is 5.32 Å². The summed E-state index contributed by atoms with van der Waals surface area (Å²) in [5.41, 5.74) is 1.27. The molecule has 1 nitrogen and oxygen atoms in total. The maximum atomic E-state index is 13.0. The highest BCUT2D eigenvalue weighted by atomic mass is 32.2. The smallest absolute Gasteiger partial charge is 0.123 e. The van der Waals surface area contributed by atoms with Gasteiger partial charge in [-0.2, -0.15) is 11.8 Å². The number of nitrogens with one attached hydrogen (secondary N) is 1. The molecular formula is C15H22FNS. The van der Waals surface area contributed by atoms with Crippen molar-refractivity contribution in [3.05, 3.63) is 35.6 Å². The van der Waals surface area contributed by atoms with Crippen LogP contribution in [-0.2, 0) is 0 Å². The average molecular weight is 267 g/mol. The molecule has 1 aliphatic rings. The van der Waals surface area contributed by atoms with Crippen LogP contribution in [-0.4, -0.2) is 24.1 Å². The monoisotopic (exact) mass is 267 g/mol. The molecule has 1 saturated carbocycles. The Kier molecular flexibility index (Phi) is 5.51. The quantitative estimate of drug-likeness (QED) is 0.719. The maximum Gasteiger partial charge on any atom is 0.123 e. The minimum absolute atomic E-state index is 0.143. The first-order valence-electron chi connectivity index (χ1n) is 6.86. The van der Waals surface area contributed by atoms with Gasteiger partial charge >= 0.3 is 0 Å². The number of thioether (sulfide) groups is 1. The predicted octanol–water partition coefficient (Wildman–Crippen LogP) is 3.80. The minimum Gasteiger partial charge on any atom is -0.313 e. The van der Waals surface area contributed by atoms with Crippen LogP contribution in [0.2, 0.25) is 0 Å². The molecule has 0 spiro atoms. The second kappa shape index (κ2) is 7.15. The number of halogens is 1. The molecule has 1 aliphatic carbocycles. The lowest BCUT2D eigenvalue weighted by Crippen LogP contribution is -2.24. The van der Waals surface area contributed by atoms with E-state index >= 15 is 0 Å². The zero-order valence-electron chi connectivity index (χ0n) is 11.0. The third kappa shape index (κ3) is 4.62. The van der Waals surface area contributed by atoms with E-state index in [0.29, 0.717) is 5.92 Å². The van der Waals surface area contributed by atoms with Crippen molar-refractivity contribution in [3.63, 3.8) is 0 Å². The highest BCUT2D eigenvalue weighted by Crippen LogP contribution is 2.24. The summed E-state index contributed by atoms with van der Waals surface area (Å²) < 4.78 is 13.0. The Morgan fingerprint density at radius 3 is 2.67 bits per heavy atom. The van der Waals surface area contributed by atoms with E-state index in [9.17, 15) is 4.39 Å². The van der Waals surface area contributed by atoms with Crippen molar-refractivity contribution < 1.29 is 4.39 Å². The Morgan fingerprint density at radius 1 is 1.33 bits per heavy atom. The molecule has 0 radical (unpaired) electrons. The summed E-state index contributed by atoms with van der Waals surface area (Å²) in [6, 6.07) is 7.77. The van der Waals surface area contributed by atoms with E-state index in [4.69, 9.17) is 0 Å². The van der Waals surface area contributed by atoms with Gasteiger partial charge in [0.05, 0.1) is 0 Å². The molecule has 3 heteroatoms. The van der Waals surface area contributed by atoms with E-state index in [1.807, 2.05) is 23.9 Å². The summed E-state index contributed by atoms with van der Waals surface area (Å²) in [4.78, 5) is 0. The molecule has 2 rings (SSSR count). The first-order valence-corrected chi connectivity index (χ1v) is 8.01. The van der Waals surface area contributed by atoms with Gasteiger partial charge in [0.2, 0.25) is 0 Å². The Hall–Kier alpha value is -0.540. The SMILES string of the molecule is CCSCCC(CNC1CC1)c1ccc(F)cc1. The van der Waals surface area contributed by atoms with Crippen molar-refractivity contribution in [2.75, 3.05) is 18.1 Å². The zero-order valence-corrected chi connectivity index (χ0v) is 11.8. The summed E-state index contributed by atoms with van der Waals surface area (Å²) in [5.74, 6) is 2.73. The van der Waals surface area contributed by atoms with Gasteiger partial charge in [0.1, 0.15) is 5.82 Å². The van der Waals surface area contributed by atoms with Gasteiger partial charge in [0.25, 0.3) is 0 Å². The predicted molar refractivity (Wildman–Crippen MR) is 77.8 cm³/mol. The molecule has 1 aromatic carbocycles. The van der Waals surface area contributed by atoms with Crippen molar-refractivity contribution in [1.29, 1.82) is 0 Å². The van der Waals surface area contributed by atoms with Crippen molar-refractivity contribution in [2.45, 2.75) is 38.1 Å². The summed E-state index contributed by atoms with van der Waals surface area (Å²) in [6.45, 7) is 3.22. The van der Waals surface area contributed by atoms with E-state index in [2.05, 4.69) is 12.2 Å². The third-order valence-electron chi connectivity index (χ3n) is 3.39. The largest absolute Gasteiger partial charge is 0.313 e. The van der Waals surface area contributed by atoms with Gasteiger partial charge in [-0.05, 0) is 54.4 Å². The van der Waals surface area contributed by atoms with E-state index in [-0.39, 0.29) is 5.82 Å². The molecule has 0 amide bonds. The summed E-state index contributed by atoms with van der Waals surface area (Å²) in [5, 5.41) is 3.59. The molecule has 1 N–H and O–H groups in total. The van der Waals surface area contributed by atoms with Crippen LogP contribution in [0.15, 0.2) is 24.3 Å². The summed E-state index contributed by atoms with van der Waals surface area (Å²) in [6.07, 6.45) is 3.81. The van der Waals surface area contributed by atoms with Crippen LogP contribution in [0.1, 0.15) is 37.7 Å². The molecule has 100 valence electrons. The topological polar surface area (TPSA) is 12.0 Å². The second-order valence-corrected chi connectivity index (χ2v) is 6.31. The van der Waals surface area contributed by atoms with E-state index in [1.165, 1.54) is 36.3 Å². The number of hydrogen-bond acceptors (Lipinski definition) is 2. The van der Waals surface area contributed by atoms with E-state index in [1.54, 1.807) is 12.1 Å². The summed E-state index contributed by atoms with van der Waals surface area (Å²) >= 11 is 1.98. The Morgan fingerprint density at radius 2 is 2.06 bits per heavy atom. The fourth-order valence-corrected chi connectivity index (χ4v) is 2.83. The zero-order chi connectivity index (χ0) is 12.8. The lowest BCUT2D eigenvalue weighted by molar-refractivity contribution is 0.567. The molecule has 0 saturated heterocycles. The van der Waals surface area contributed by atoms with E-state index in [0.717, 1.165) is 12.6 Å². The van der Waals surface area contributed by atoms with Crippen molar-refractivity contribution >= 4 is 11.8 Å². The highest BCUT2D eigenvalue weighted by molar-refractivity contribution is 7.99. The average Bonchev–Trinajstić information content (AvgIpc) is 3.19. The molecule has 0 aromatic heterocycles. The van der Waals surface area contributed by atoms with Crippen LogP contribution in [0, 0.1) is 5.82 Å². The van der Waals surface area contributed by atoms with Crippen LogP contribution >= 0.6 is 11.8 Å². The van der Waals surface area contributed by atoms with Gasteiger partial charge in [0, 0.05) is 12.6 Å². The standard InChI is InChI=1S/C15H22FNS/c1-2-18-10-9-13(11-17-15-7-8-15)12-3-5-14(16)6-4-12/h3-6,13,15,17H,2,7-11H2,1H3. The van der Waals surface area contributed by atoms with Crippen LogP contribution in [0.3, 0.4) is 0 Å². The first-order chi connectivity index (χ1) is 8.79. The molecule has 1 unspecified atom stereocenters. The second-order valence-electron chi connectivity index (χ2n) is 4.92. The number of rotatable bonds is 8. The Bertz CT molecular complexity index is 348. The fourth-order valence-electron chi connectivity index (χ4n) is 2.09. The molecule has 0 bridgehead atoms. The van der Waals surface area contributed by atoms with Crippen LogP contribution in [0.25, 0.3) is 0 Å².